The second-order valence-corrected chi connectivity index (χ2v) is 8.71. The maximum absolute atomic E-state index is 9.06. The van der Waals surface area contributed by atoms with Crippen LogP contribution >= 0.6 is 0 Å². The highest BCUT2D eigenvalue weighted by atomic mass is 14.9. The van der Waals surface area contributed by atoms with E-state index >= 15 is 0 Å². The van der Waals surface area contributed by atoms with Crippen molar-refractivity contribution in [2.45, 2.75) is 85.0 Å². The highest BCUT2D eigenvalue weighted by molar-refractivity contribution is 5.33. The molecule has 0 radical (unpaired) electrons. The van der Waals surface area contributed by atoms with E-state index in [2.05, 4.69) is 49.5 Å². The third-order valence-electron chi connectivity index (χ3n) is 6.44. The summed E-state index contributed by atoms with van der Waals surface area (Å²) >= 11 is 0. The second-order valence-electron chi connectivity index (χ2n) is 8.71. The standard InChI is InChI=1S/C27H39N3/c1-5-6-10-25(26-17-15-23(19-28)16-18-26)11-7-8-14-27(30-22(4)21(3)29)20(2)24-12-9-13-24/h8,14-18,24-25,30H,5-7,9-13,29H2,1-4H3/b14-8+,22-21-,27-20-. The Labute approximate surface area is 183 Å². The van der Waals surface area contributed by atoms with Gasteiger partial charge in [0.15, 0.2) is 0 Å². The van der Waals surface area contributed by atoms with Crippen LogP contribution in [0.15, 0.2) is 59.1 Å². The molecule has 2 rings (SSSR count). The van der Waals surface area contributed by atoms with E-state index in [1.165, 1.54) is 55.4 Å². The van der Waals surface area contributed by atoms with Crippen LogP contribution in [0.2, 0.25) is 0 Å². The van der Waals surface area contributed by atoms with Crippen LogP contribution in [0.5, 0.6) is 0 Å². The lowest BCUT2D eigenvalue weighted by Gasteiger charge is -2.28. The number of nitrogens with one attached hydrogen (secondary N) is 1. The van der Waals surface area contributed by atoms with Crippen LogP contribution in [-0.2, 0) is 0 Å². The lowest BCUT2D eigenvalue weighted by atomic mass is 9.79. The second kappa shape index (κ2) is 12.3. The van der Waals surface area contributed by atoms with Gasteiger partial charge in [0, 0.05) is 17.1 Å². The first-order valence-corrected chi connectivity index (χ1v) is 11.5. The smallest absolute Gasteiger partial charge is 0.0991 e. The summed E-state index contributed by atoms with van der Waals surface area (Å²) in [6.07, 6.45) is 14.3. The van der Waals surface area contributed by atoms with Gasteiger partial charge in [-0.2, -0.15) is 5.26 Å². The van der Waals surface area contributed by atoms with Crippen molar-refractivity contribution in [2.75, 3.05) is 0 Å². The number of benzene rings is 1. The van der Waals surface area contributed by atoms with Gasteiger partial charge in [0.2, 0.25) is 0 Å². The lowest BCUT2D eigenvalue weighted by Crippen LogP contribution is -2.20. The van der Waals surface area contributed by atoms with Gasteiger partial charge in [-0.1, -0.05) is 44.4 Å². The Morgan fingerprint density at radius 3 is 2.43 bits per heavy atom. The molecule has 1 unspecified atom stereocenters. The average Bonchev–Trinajstić information content (AvgIpc) is 2.70. The van der Waals surface area contributed by atoms with Gasteiger partial charge in [-0.05, 0) is 94.1 Å². The molecule has 1 aromatic carbocycles. The Bertz CT molecular complexity index is 798. The SMILES string of the molecule is CCCCC(CC/C=C/C(N/C(C)=C(/C)N)=C(\C)C1CCC1)c1ccc(C#N)cc1. The number of allylic oxidation sites excluding steroid dienone is 5. The van der Waals surface area contributed by atoms with Gasteiger partial charge in [0.1, 0.15) is 0 Å². The summed E-state index contributed by atoms with van der Waals surface area (Å²) in [7, 11) is 0. The van der Waals surface area contributed by atoms with Crippen molar-refractivity contribution >= 4 is 0 Å². The minimum atomic E-state index is 0.545. The van der Waals surface area contributed by atoms with Gasteiger partial charge in [0.25, 0.3) is 0 Å². The molecule has 1 aromatic rings. The molecule has 0 aromatic heterocycles. The van der Waals surface area contributed by atoms with Crippen molar-refractivity contribution in [3.8, 4) is 6.07 Å². The monoisotopic (exact) mass is 405 g/mol. The van der Waals surface area contributed by atoms with E-state index in [4.69, 9.17) is 11.0 Å². The Hall–Kier alpha value is -2.47. The molecule has 0 saturated heterocycles. The summed E-state index contributed by atoms with van der Waals surface area (Å²) in [6, 6.07) is 10.4. The summed E-state index contributed by atoms with van der Waals surface area (Å²) in [5.74, 6) is 1.25. The molecule has 0 heterocycles. The Morgan fingerprint density at radius 2 is 1.90 bits per heavy atom. The molecule has 0 spiro atoms. The fourth-order valence-corrected chi connectivity index (χ4v) is 3.89. The normalized spacial score (nSPS) is 17.0. The quantitative estimate of drug-likeness (QED) is 0.388. The zero-order valence-corrected chi connectivity index (χ0v) is 19.3. The predicted molar refractivity (Wildman–Crippen MR) is 128 cm³/mol. The van der Waals surface area contributed by atoms with Crippen molar-refractivity contribution in [3.05, 3.63) is 70.2 Å². The minimum Gasteiger partial charge on any atom is -0.401 e. The van der Waals surface area contributed by atoms with E-state index in [-0.39, 0.29) is 0 Å². The topological polar surface area (TPSA) is 61.8 Å². The zero-order valence-electron chi connectivity index (χ0n) is 19.3. The number of nitrogens with zero attached hydrogens (tertiary/aromatic N) is 1. The molecule has 1 atom stereocenters. The van der Waals surface area contributed by atoms with Crippen LogP contribution < -0.4 is 11.1 Å². The summed E-state index contributed by atoms with van der Waals surface area (Å²) < 4.78 is 0. The summed E-state index contributed by atoms with van der Waals surface area (Å²) in [5.41, 5.74) is 12.6. The first kappa shape index (κ1) is 23.8. The summed E-state index contributed by atoms with van der Waals surface area (Å²) in [4.78, 5) is 0. The van der Waals surface area contributed by atoms with Crippen molar-refractivity contribution in [3.63, 3.8) is 0 Å². The third kappa shape index (κ3) is 7.10. The summed E-state index contributed by atoms with van der Waals surface area (Å²) in [5, 5.41) is 12.6. The fourth-order valence-electron chi connectivity index (χ4n) is 3.89. The molecule has 0 aliphatic heterocycles. The van der Waals surface area contributed by atoms with Crippen molar-refractivity contribution in [1.29, 1.82) is 5.26 Å². The molecule has 0 bridgehead atoms. The van der Waals surface area contributed by atoms with Crippen LogP contribution in [-0.4, -0.2) is 0 Å². The Morgan fingerprint density at radius 1 is 1.20 bits per heavy atom. The molecule has 30 heavy (non-hydrogen) atoms. The van der Waals surface area contributed by atoms with Gasteiger partial charge in [-0.3, -0.25) is 0 Å². The van der Waals surface area contributed by atoms with E-state index in [9.17, 15) is 0 Å². The molecular weight excluding hydrogens is 366 g/mol. The highest BCUT2D eigenvalue weighted by Crippen LogP contribution is 2.34. The molecule has 1 aliphatic rings. The molecule has 162 valence electrons. The number of hydrogen-bond acceptors (Lipinski definition) is 3. The van der Waals surface area contributed by atoms with Gasteiger partial charge in [0.05, 0.1) is 11.6 Å². The number of nitriles is 1. The van der Waals surface area contributed by atoms with Crippen LogP contribution in [0.4, 0.5) is 0 Å². The number of nitrogens with two attached hydrogens (primary N) is 1. The molecule has 3 N–H and O–H groups in total. The molecule has 1 fully saturated rings. The molecule has 1 aliphatic carbocycles. The highest BCUT2D eigenvalue weighted by Gasteiger charge is 2.21. The van der Waals surface area contributed by atoms with Gasteiger partial charge in [-0.25, -0.2) is 0 Å². The van der Waals surface area contributed by atoms with Crippen LogP contribution in [0.1, 0.15) is 96.1 Å². The molecule has 3 nitrogen and oxygen atoms in total. The Balaban J connectivity index is 2.07. The Kier molecular flexibility index (Phi) is 9.74. The maximum atomic E-state index is 9.06. The van der Waals surface area contributed by atoms with E-state index in [1.54, 1.807) is 0 Å². The number of hydrogen-bond donors (Lipinski definition) is 2. The first-order chi connectivity index (χ1) is 14.5. The number of rotatable bonds is 11. The van der Waals surface area contributed by atoms with E-state index in [0.717, 1.165) is 29.8 Å². The van der Waals surface area contributed by atoms with Crippen molar-refractivity contribution in [1.82, 2.24) is 5.32 Å². The van der Waals surface area contributed by atoms with Crippen molar-refractivity contribution < 1.29 is 0 Å². The molecule has 0 amide bonds. The predicted octanol–water partition coefficient (Wildman–Crippen LogP) is 7.04. The maximum Gasteiger partial charge on any atom is 0.0991 e. The summed E-state index contributed by atoms with van der Waals surface area (Å²) in [6.45, 7) is 8.49. The first-order valence-electron chi connectivity index (χ1n) is 11.5. The van der Waals surface area contributed by atoms with E-state index < -0.39 is 0 Å². The molecule has 1 saturated carbocycles. The average molecular weight is 406 g/mol. The molecule has 3 heteroatoms. The zero-order chi connectivity index (χ0) is 21.9. The van der Waals surface area contributed by atoms with Gasteiger partial charge >= 0.3 is 0 Å². The van der Waals surface area contributed by atoms with E-state index in [0.29, 0.717) is 11.8 Å². The minimum absolute atomic E-state index is 0.545. The molecular formula is C27H39N3. The fraction of sp³-hybridized carbons (Fsp3) is 0.519. The third-order valence-corrected chi connectivity index (χ3v) is 6.44. The van der Waals surface area contributed by atoms with Crippen LogP contribution in [0.3, 0.4) is 0 Å². The van der Waals surface area contributed by atoms with E-state index in [1.807, 2.05) is 26.0 Å². The van der Waals surface area contributed by atoms with Gasteiger partial charge < -0.3 is 11.1 Å². The number of unbranched alkanes of at least 4 members (excludes halogenated alkanes) is 1. The van der Waals surface area contributed by atoms with Crippen LogP contribution in [0, 0.1) is 17.2 Å². The van der Waals surface area contributed by atoms with Crippen LogP contribution in [0.25, 0.3) is 0 Å². The van der Waals surface area contributed by atoms with Gasteiger partial charge in [-0.15, -0.1) is 0 Å². The lowest BCUT2D eigenvalue weighted by molar-refractivity contribution is 0.365. The largest absolute Gasteiger partial charge is 0.401 e. The van der Waals surface area contributed by atoms with Crippen molar-refractivity contribution in [2.24, 2.45) is 11.7 Å².